The molecule has 1 aromatic carbocycles. The van der Waals surface area contributed by atoms with Crippen LogP contribution < -0.4 is 10.5 Å². The average molecular weight is 201 g/mol. The Balaban J connectivity index is 2.91. The molecule has 0 saturated carbocycles. The smallest absolute Gasteiger partial charge is 0.387 e. The van der Waals surface area contributed by atoms with E-state index in [2.05, 4.69) is 4.74 Å². The lowest BCUT2D eigenvalue weighted by Crippen LogP contribution is -2.12. The van der Waals surface area contributed by atoms with Gasteiger partial charge in [0.15, 0.2) is 0 Å². The molecule has 1 aromatic rings. The number of nitrogens with two attached hydrogens (primary N) is 1. The van der Waals surface area contributed by atoms with E-state index in [4.69, 9.17) is 5.73 Å². The molecule has 0 unspecified atom stereocenters. The number of rotatable bonds is 4. The summed E-state index contributed by atoms with van der Waals surface area (Å²) in [5.41, 5.74) is 6.37. The molecule has 0 aliphatic carbocycles. The van der Waals surface area contributed by atoms with Crippen LogP contribution in [0.2, 0.25) is 0 Å². The van der Waals surface area contributed by atoms with Crippen LogP contribution >= 0.6 is 0 Å². The van der Waals surface area contributed by atoms with Crippen LogP contribution in [0.1, 0.15) is 24.9 Å². The third-order valence-electron chi connectivity index (χ3n) is 1.97. The summed E-state index contributed by atoms with van der Waals surface area (Å²) < 4.78 is 28.4. The van der Waals surface area contributed by atoms with Crippen LogP contribution in [0.15, 0.2) is 24.3 Å². The van der Waals surface area contributed by atoms with Gasteiger partial charge in [-0.1, -0.05) is 25.1 Å². The summed E-state index contributed by atoms with van der Waals surface area (Å²) in [5.74, 6) is 0.164. The third-order valence-corrected chi connectivity index (χ3v) is 1.97. The van der Waals surface area contributed by atoms with Crippen LogP contribution in [0.25, 0.3) is 0 Å². The summed E-state index contributed by atoms with van der Waals surface area (Å²) >= 11 is 0. The van der Waals surface area contributed by atoms with Crippen molar-refractivity contribution in [3.8, 4) is 5.75 Å². The van der Waals surface area contributed by atoms with Crippen molar-refractivity contribution in [3.63, 3.8) is 0 Å². The second kappa shape index (κ2) is 4.91. The molecule has 0 aliphatic rings. The van der Waals surface area contributed by atoms with Gasteiger partial charge >= 0.3 is 6.61 Å². The van der Waals surface area contributed by atoms with E-state index in [1.807, 2.05) is 6.92 Å². The molecule has 0 spiro atoms. The molecule has 0 aromatic heterocycles. The normalized spacial score (nSPS) is 12.9. The highest BCUT2D eigenvalue weighted by Gasteiger charge is 2.12. The first-order valence-corrected chi connectivity index (χ1v) is 4.44. The molecule has 78 valence electrons. The largest absolute Gasteiger partial charge is 0.434 e. The van der Waals surface area contributed by atoms with Gasteiger partial charge in [0.1, 0.15) is 5.75 Å². The maximum absolute atomic E-state index is 12.0. The predicted octanol–water partition coefficient (Wildman–Crippen LogP) is 2.70. The maximum atomic E-state index is 12.0. The molecule has 2 N–H and O–H groups in total. The third kappa shape index (κ3) is 2.67. The lowest BCUT2D eigenvalue weighted by molar-refractivity contribution is -0.0506. The Morgan fingerprint density at radius 1 is 1.36 bits per heavy atom. The number of alkyl halides is 2. The highest BCUT2D eigenvalue weighted by atomic mass is 19.3. The van der Waals surface area contributed by atoms with Crippen molar-refractivity contribution >= 4 is 0 Å². The van der Waals surface area contributed by atoms with E-state index in [9.17, 15) is 8.78 Å². The molecule has 1 atom stereocenters. The quantitative estimate of drug-likeness (QED) is 0.812. The van der Waals surface area contributed by atoms with Crippen LogP contribution in [0.3, 0.4) is 0 Å². The molecule has 0 fully saturated rings. The molecule has 0 saturated heterocycles. The van der Waals surface area contributed by atoms with Gasteiger partial charge in [0.25, 0.3) is 0 Å². The van der Waals surface area contributed by atoms with Crippen LogP contribution in [-0.2, 0) is 0 Å². The lowest BCUT2D eigenvalue weighted by Gasteiger charge is -2.14. The van der Waals surface area contributed by atoms with E-state index < -0.39 is 6.61 Å². The SMILES string of the molecule is CC[C@@H](N)c1ccccc1OC(F)F. The summed E-state index contributed by atoms with van der Waals surface area (Å²) in [6.45, 7) is -0.913. The molecule has 0 aliphatic heterocycles. The van der Waals surface area contributed by atoms with Gasteiger partial charge in [-0.15, -0.1) is 0 Å². The van der Waals surface area contributed by atoms with Crippen LogP contribution in [-0.4, -0.2) is 6.61 Å². The standard InChI is InChI=1S/C10H13F2NO/c1-2-8(13)7-5-3-4-6-9(7)14-10(11)12/h3-6,8,10H,2,13H2,1H3/t8-/m1/s1. The summed E-state index contributed by atoms with van der Waals surface area (Å²) in [7, 11) is 0. The number of halogens is 2. The van der Waals surface area contributed by atoms with Gasteiger partial charge in [-0.05, 0) is 12.5 Å². The Morgan fingerprint density at radius 3 is 2.57 bits per heavy atom. The van der Waals surface area contributed by atoms with Gasteiger partial charge in [-0.25, -0.2) is 0 Å². The minimum atomic E-state index is -2.81. The first-order chi connectivity index (χ1) is 6.65. The molecule has 0 bridgehead atoms. The van der Waals surface area contributed by atoms with Crippen molar-refractivity contribution in [2.75, 3.05) is 0 Å². The van der Waals surface area contributed by atoms with Crippen LogP contribution in [0, 0.1) is 0 Å². The van der Waals surface area contributed by atoms with Gasteiger partial charge in [0.2, 0.25) is 0 Å². The zero-order valence-corrected chi connectivity index (χ0v) is 7.91. The summed E-state index contributed by atoms with van der Waals surface area (Å²) in [6.07, 6.45) is 0.684. The van der Waals surface area contributed by atoms with Crippen LogP contribution in [0.4, 0.5) is 8.78 Å². The molecular weight excluding hydrogens is 188 g/mol. The molecule has 4 heteroatoms. The second-order valence-electron chi connectivity index (χ2n) is 2.93. The summed E-state index contributed by atoms with van der Waals surface area (Å²) in [4.78, 5) is 0. The minimum absolute atomic E-state index is 0.164. The van der Waals surface area contributed by atoms with Crippen molar-refractivity contribution in [2.24, 2.45) is 5.73 Å². The van der Waals surface area contributed by atoms with Gasteiger partial charge in [-0.3, -0.25) is 0 Å². The van der Waals surface area contributed by atoms with Crippen molar-refractivity contribution in [3.05, 3.63) is 29.8 Å². The number of hydrogen-bond donors (Lipinski definition) is 1. The second-order valence-corrected chi connectivity index (χ2v) is 2.93. The van der Waals surface area contributed by atoms with E-state index in [0.717, 1.165) is 0 Å². The topological polar surface area (TPSA) is 35.2 Å². The Hall–Kier alpha value is -1.16. The Labute approximate surface area is 81.7 Å². The fraction of sp³-hybridized carbons (Fsp3) is 0.400. The fourth-order valence-corrected chi connectivity index (χ4v) is 1.21. The highest BCUT2D eigenvalue weighted by molar-refractivity contribution is 5.35. The van der Waals surface area contributed by atoms with E-state index in [1.165, 1.54) is 6.07 Å². The minimum Gasteiger partial charge on any atom is -0.434 e. The summed E-state index contributed by atoms with van der Waals surface area (Å²) in [6, 6.07) is 6.33. The van der Waals surface area contributed by atoms with E-state index in [-0.39, 0.29) is 11.8 Å². The number of benzene rings is 1. The van der Waals surface area contributed by atoms with Crippen LogP contribution in [0.5, 0.6) is 5.75 Å². The number of para-hydroxylation sites is 1. The number of hydrogen-bond acceptors (Lipinski definition) is 2. The molecule has 1 rings (SSSR count). The lowest BCUT2D eigenvalue weighted by atomic mass is 10.0. The fourth-order valence-electron chi connectivity index (χ4n) is 1.21. The molecule has 0 radical (unpaired) electrons. The van der Waals surface area contributed by atoms with Gasteiger partial charge < -0.3 is 10.5 Å². The molecule has 0 amide bonds. The van der Waals surface area contributed by atoms with Crippen molar-refractivity contribution < 1.29 is 13.5 Å². The van der Waals surface area contributed by atoms with E-state index in [0.29, 0.717) is 12.0 Å². The monoisotopic (exact) mass is 201 g/mol. The Kier molecular flexibility index (Phi) is 3.83. The Morgan fingerprint density at radius 2 is 2.00 bits per heavy atom. The molecule has 2 nitrogen and oxygen atoms in total. The zero-order chi connectivity index (χ0) is 10.6. The summed E-state index contributed by atoms with van der Waals surface area (Å²) in [5, 5.41) is 0. The first kappa shape index (κ1) is 10.9. The van der Waals surface area contributed by atoms with Gasteiger partial charge in [-0.2, -0.15) is 8.78 Å². The average Bonchev–Trinajstić information content (AvgIpc) is 2.16. The van der Waals surface area contributed by atoms with Crippen molar-refractivity contribution in [1.82, 2.24) is 0 Å². The van der Waals surface area contributed by atoms with Gasteiger partial charge in [0, 0.05) is 11.6 Å². The highest BCUT2D eigenvalue weighted by Crippen LogP contribution is 2.26. The van der Waals surface area contributed by atoms with E-state index >= 15 is 0 Å². The maximum Gasteiger partial charge on any atom is 0.387 e. The van der Waals surface area contributed by atoms with E-state index in [1.54, 1.807) is 18.2 Å². The molecule has 14 heavy (non-hydrogen) atoms. The molecular formula is C10H13F2NO. The number of ether oxygens (including phenoxy) is 1. The zero-order valence-electron chi connectivity index (χ0n) is 7.91. The first-order valence-electron chi connectivity index (χ1n) is 4.44. The van der Waals surface area contributed by atoms with Crippen molar-refractivity contribution in [1.29, 1.82) is 0 Å². The van der Waals surface area contributed by atoms with Gasteiger partial charge in [0.05, 0.1) is 0 Å². The van der Waals surface area contributed by atoms with Crippen molar-refractivity contribution in [2.45, 2.75) is 26.0 Å². The predicted molar refractivity (Wildman–Crippen MR) is 50.3 cm³/mol. The molecule has 0 heterocycles. The Bertz CT molecular complexity index is 291.